The third-order valence-electron chi connectivity index (χ3n) is 1.78. The maximum Gasteiger partial charge on any atom is 0.0420 e. The molecule has 1 heteroatoms. The molecule has 0 aromatic rings. The van der Waals surface area contributed by atoms with Crippen molar-refractivity contribution in [1.82, 2.24) is 0 Å². The van der Waals surface area contributed by atoms with E-state index in [0.717, 1.165) is 0 Å². The molecule has 1 aliphatic rings. The van der Waals surface area contributed by atoms with E-state index in [4.69, 9.17) is 0 Å². The van der Waals surface area contributed by atoms with Crippen molar-refractivity contribution >= 4 is 6.21 Å². The zero-order chi connectivity index (χ0) is 6.85. The van der Waals surface area contributed by atoms with Crippen molar-refractivity contribution in [2.75, 3.05) is 0 Å². The van der Waals surface area contributed by atoms with E-state index in [1.54, 1.807) is 0 Å². The first-order valence-electron chi connectivity index (χ1n) is 3.44. The minimum Gasteiger partial charge on any atom is -0.266 e. The molecule has 9 heavy (non-hydrogen) atoms. The van der Waals surface area contributed by atoms with Crippen LogP contribution in [-0.2, 0) is 0 Å². The van der Waals surface area contributed by atoms with Gasteiger partial charge in [0.1, 0.15) is 0 Å². The second-order valence-corrected chi connectivity index (χ2v) is 2.66. The molecule has 0 heterocycles. The van der Waals surface area contributed by atoms with Crippen LogP contribution in [0.2, 0.25) is 0 Å². The fraction of sp³-hybridized carbons (Fsp3) is 0.625. The quantitative estimate of drug-likeness (QED) is 0.475. The Kier molecular flexibility index (Phi) is 1.70. The molecule has 0 aliphatic heterocycles. The molecule has 0 radical (unpaired) electrons. The summed E-state index contributed by atoms with van der Waals surface area (Å²) in [5.74, 6) is 0.709. The Balaban J connectivity index is 2.68. The first-order chi connectivity index (χ1) is 4.25. The highest BCUT2D eigenvalue weighted by molar-refractivity contribution is 5.56. The van der Waals surface area contributed by atoms with Crippen molar-refractivity contribution in [2.24, 2.45) is 10.9 Å². The molecule has 1 unspecified atom stereocenters. The molecule has 1 aliphatic carbocycles. The van der Waals surface area contributed by atoms with Gasteiger partial charge < -0.3 is 0 Å². The van der Waals surface area contributed by atoms with Crippen LogP contribution in [0.5, 0.6) is 0 Å². The van der Waals surface area contributed by atoms with Crippen molar-refractivity contribution in [3.8, 4) is 0 Å². The summed E-state index contributed by atoms with van der Waals surface area (Å²) in [6, 6.07) is 0. The molecule has 1 nitrogen and oxygen atoms in total. The van der Waals surface area contributed by atoms with Gasteiger partial charge in [-0.1, -0.05) is 12.5 Å². The maximum atomic E-state index is 4.25. The summed E-state index contributed by atoms with van der Waals surface area (Å²) in [5, 5.41) is 0. The van der Waals surface area contributed by atoms with Crippen LogP contribution >= 0.6 is 0 Å². The molecule has 0 N–H and O–H groups in total. The van der Waals surface area contributed by atoms with Gasteiger partial charge in [0, 0.05) is 17.8 Å². The fourth-order valence-electron chi connectivity index (χ4n) is 1.33. The topological polar surface area (TPSA) is 12.4 Å². The molecule has 0 aromatic heterocycles. The van der Waals surface area contributed by atoms with E-state index in [0.29, 0.717) is 5.92 Å². The van der Waals surface area contributed by atoms with Gasteiger partial charge in [-0.2, -0.15) is 0 Å². The summed E-state index contributed by atoms with van der Waals surface area (Å²) in [6.45, 7) is 6.34. The van der Waals surface area contributed by atoms with E-state index in [2.05, 4.69) is 18.8 Å². The van der Waals surface area contributed by atoms with Gasteiger partial charge in [0.05, 0.1) is 0 Å². The van der Waals surface area contributed by atoms with E-state index in [1.165, 1.54) is 17.7 Å². The molecular weight excluding hydrogens is 110 g/mol. The van der Waals surface area contributed by atoms with Gasteiger partial charge >= 0.3 is 0 Å². The Bertz CT molecular complexity index is 165. The molecule has 0 bridgehead atoms. The lowest BCUT2D eigenvalue weighted by molar-refractivity contribution is 0.576. The number of hydrogen-bond acceptors (Lipinski definition) is 1. The van der Waals surface area contributed by atoms with Gasteiger partial charge in [-0.15, -0.1) is 0 Å². The molecule has 1 rings (SSSR count). The van der Waals surface area contributed by atoms with E-state index in [9.17, 15) is 0 Å². The van der Waals surface area contributed by atoms with Gasteiger partial charge in [0.25, 0.3) is 0 Å². The highest BCUT2D eigenvalue weighted by Crippen LogP contribution is 2.34. The molecule has 50 valence electrons. The molecular formula is C8H13N. The van der Waals surface area contributed by atoms with Gasteiger partial charge in [-0.05, 0) is 20.3 Å². The number of nitrogens with zero attached hydrogens (tertiary/aromatic N) is 1. The molecule has 0 aromatic carbocycles. The van der Waals surface area contributed by atoms with Crippen LogP contribution in [0.1, 0.15) is 27.2 Å². The third kappa shape index (κ3) is 1.04. The van der Waals surface area contributed by atoms with E-state index in [-0.39, 0.29) is 0 Å². The van der Waals surface area contributed by atoms with Crippen LogP contribution < -0.4 is 0 Å². The highest BCUT2D eigenvalue weighted by Gasteiger charge is 2.20. The van der Waals surface area contributed by atoms with Crippen molar-refractivity contribution in [1.29, 1.82) is 0 Å². The average molecular weight is 123 g/mol. The SMILES string of the molecule is CC=NC1=C(C)CC1C. The largest absolute Gasteiger partial charge is 0.266 e. The summed E-state index contributed by atoms with van der Waals surface area (Å²) >= 11 is 0. The normalized spacial score (nSPS) is 27.2. The van der Waals surface area contributed by atoms with Crippen LogP contribution in [0.15, 0.2) is 16.3 Å². The van der Waals surface area contributed by atoms with Crippen LogP contribution in [0.4, 0.5) is 0 Å². The van der Waals surface area contributed by atoms with Crippen LogP contribution in [0.25, 0.3) is 0 Å². The lowest BCUT2D eigenvalue weighted by Gasteiger charge is -2.24. The Labute approximate surface area is 56.5 Å². The van der Waals surface area contributed by atoms with Crippen molar-refractivity contribution in [3.05, 3.63) is 11.3 Å². The third-order valence-corrected chi connectivity index (χ3v) is 1.78. The van der Waals surface area contributed by atoms with E-state index >= 15 is 0 Å². The zero-order valence-electron chi connectivity index (χ0n) is 6.31. The number of allylic oxidation sites excluding steroid dienone is 2. The first-order valence-corrected chi connectivity index (χ1v) is 3.44. The number of hydrogen-bond donors (Lipinski definition) is 0. The predicted molar refractivity (Wildman–Crippen MR) is 40.6 cm³/mol. The summed E-state index contributed by atoms with van der Waals surface area (Å²) in [5.41, 5.74) is 2.76. The molecule has 0 saturated carbocycles. The predicted octanol–water partition coefficient (Wildman–Crippen LogP) is 2.39. The first kappa shape index (κ1) is 6.53. The average Bonchev–Trinajstić information content (AvgIpc) is 1.84. The minimum absolute atomic E-state index is 0.709. The van der Waals surface area contributed by atoms with Crippen molar-refractivity contribution < 1.29 is 0 Å². The second kappa shape index (κ2) is 2.34. The van der Waals surface area contributed by atoms with Crippen LogP contribution in [0.3, 0.4) is 0 Å². The lowest BCUT2D eigenvalue weighted by atomic mass is 9.85. The molecule has 0 spiro atoms. The summed E-state index contributed by atoms with van der Waals surface area (Å²) in [4.78, 5) is 4.25. The summed E-state index contributed by atoms with van der Waals surface area (Å²) < 4.78 is 0. The van der Waals surface area contributed by atoms with Gasteiger partial charge in [-0.25, -0.2) is 0 Å². The van der Waals surface area contributed by atoms with Crippen LogP contribution in [0, 0.1) is 5.92 Å². The van der Waals surface area contributed by atoms with Gasteiger partial charge in [0.2, 0.25) is 0 Å². The second-order valence-electron chi connectivity index (χ2n) is 2.66. The lowest BCUT2D eigenvalue weighted by Crippen LogP contribution is -2.11. The Morgan fingerprint density at radius 1 is 1.67 bits per heavy atom. The Morgan fingerprint density at radius 3 is 2.56 bits per heavy atom. The summed E-state index contributed by atoms with van der Waals surface area (Å²) in [7, 11) is 0. The van der Waals surface area contributed by atoms with Crippen molar-refractivity contribution in [3.63, 3.8) is 0 Å². The minimum atomic E-state index is 0.709. The molecule has 0 fully saturated rings. The standard InChI is InChI=1S/C8H13N/c1-4-9-8-6(2)5-7(8)3/h4,6H,5H2,1-3H3. The molecule has 0 amide bonds. The highest BCUT2D eigenvalue weighted by atomic mass is 14.8. The summed E-state index contributed by atoms with van der Waals surface area (Å²) in [6.07, 6.45) is 3.11. The Morgan fingerprint density at radius 2 is 2.33 bits per heavy atom. The van der Waals surface area contributed by atoms with Crippen molar-refractivity contribution in [2.45, 2.75) is 27.2 Å². The number of rotatable bonds is 1. The molecule has 0 saturated heterocycles. The zero-order valence-corrected chi connectivity index (χ0v) is 6.31. The van der Waals surface area contributed by atoms with Crippen LogP contribution in [-0.4, -0.2) is 6.21 Å². The fourth-order valence-corrected chi connectivity index (χ4v) is 1.33. The number of aliphatic imine (C=N–C) groups is 1. The monoisotopic (exact) mass is 123 g/mol. The van der Waals surface area contributed by atoms with E-state index in [1.807, 2.05) is 13.1 Å². The maximum absolute atomic E-state index is 4.25. The van der Waals surface area contributed by atoms with Gasteiger partial charge in [-0.3, -0.25) is 4.99 Å². The van der Waals surface area contributed by atoms with Gasteiger partial charge in [0.15, 0.2) is 0 Å². The smallest absolute Gasteiger partial charge is 0.0420 e. The Hall–Kier alpha value is -0.590. The van der Waals surface area contributed by atoms with E-state index < -0.39 is 0 Å². The molecule has 1 atom stereocenters.